The summed E-state index contributed by atoms with van der Waals surface area (Å²) in [5.41, 5.74) is 1.67. The van der Waals surface area contributed by atoms with Crippen LogP contribution in [0.3, 0.4) is 0 Å². The zero-order valence-electron chi connectivity index (χ0n) is 17.7. The lowest BCUT2D eigenvalue weighted by Crippen LogP contribution is -2.49. The Hall–Kier alpha value is -3.35. The first kappa shape index (κ1) is 24.3. The Morgan fingerprint density at radius 2 is 1.36 bits per heavy atom. The molecular weight excluding hydrogens is 461 g/mol. The number of nitrogens with one attached hydrogen (secondary N) is 3. The number of benzene rings is 3. The molecule has 3 aromatic carbocycles. The molecule has 170 valence electrons. The van der Waals surface area contributed by atoms with Gasteiger partial charge < -0.3 is 16.0 Å². The van der Waals surface area contributed by atoms with Crippen molar-refractivity contribution in [3.8, 4) is 0 Å². The third-order valence-electron chi connectivity index (χ3n) is 4.84. The summed E-state index contributed by atoms with van der Waals surface area (Å²) in [6.45, 7) is 0.399. The van der Waals surface area contributed by atoms with Crippen molar-refractivity contribution < 1.29 is 14.4 Å². The zero-order chi connectivity index (χ0) is 23.6. The number of hydrogen-bond acceptors (Lipinski definition) is 3. The third-order valence-corrected chi connectivity index (χ3v) is 5.42. The molecule has 8 heteroatoms. The molecule has 3 amide bonds. The van der Waals surface area contributed by atoms with Crippen LogP contribution in [0.15, 0.2) is 78.9 Å². The summed E-state index contributed by atoms with van der Waals surface area (Å²) in [7, 11) is 0. The molecule has 0 heterocycles. The lowest BCUT2D eigenvalue weighted by atomic mass is 10.0. The highest BCUT2D eigenvalue weighted by atomic mass is 35.5. The molecular formula is C25H23Cl2N3O3. The van der Waals surface area contributed by atoms with Crippen molar-refractivity contribution in [1.82, 2.24) is 16.0 Å². The van der Waals surface area contributed by atoms with Crippen LogP contribution in [0.1, 0.15) is 26.3 Å². The minimum atomic E-state index is -0.796. The highest BCUT2D eigenvalue weighted by Gasteiger charge is 2.22. The average Bonchev–Trinajstić information content (AvgIpc) is 2.82. The molecule has 33 heavy (non-hydrogen) atoms. The third kappa shape index (κ3) is 7.34. The average molecular weight is 484 g/mol. The van der Waals surface area contributed by atoms with E-state index in [1.54, 1.807) is 48.5 Å². The second-order valence-electron chi connectivity index (χ2n) is 7.25. The van der Waals surface area contributed by atoms with Gasteiger partial charge in [0.2, 0.25) is 5.91 Å². The highest BCUT2D eigenvalue weighted by molar-refractivity contribution is 6.33. The smallest absolute Gasteiger partial charge is 0.252 e. The molecule has 0 spiro atoms. The molecule has 1 unspecified atom stereocenters. The van der Waals surface area contributed by atoms with E-state index >= 15 is 0 Å². The van der Waals surface area contributed by atoms with Gasteiger partial charge in [0, 0.05) is 30.1 Å². The van der Waals surface area contributed by atoms with Gasteiger partial charge in [0.05, 0.1) is 10.6 Å². The van der Waals surface area contributed by atoms with Crippen molar-refractivity contribution in [2.75, 3.05) is 13.1 Å². The molecule has 0 radical (unpaired) electrons. The maximum Gasteiger partial charge on any atom is 0.252 e. The van der Waals surface area contributed by atoms with E-state index in [0.717, 1.165) is 5.56 Å². The molecule has 0 bridgehead atoms. The molecule has 0 aliphatic heterocycles. The van der Waals surface area contributed by atoms with E-state index in [1.807, 2.05) is 30.3 Å². The van der Waals surface area contributed by atoms with E-state index < -0.39 is 6.04 Å². The lowest BCUT2D eigenvalue weighted by molar-refractivity contribution is -0.122. The summed E-state index contributed by atoms with van der Waals surface area (Å²) in [6, 6.07) is 21.7. The maximum atomic E-state index is 12.9. The van der Waals surface area contributed by atoms with E-state index in [4.69, 9.17) is 23.2 Å². The molecule has 0 saturated carbocycles. The van der Waals surface area contributed by atoms with Gasteiger partial charge in [-0.1, -0.05) is 65.7 Å². The summed E-state index contributed by atoms with van der Waals surface area (Å²) < 4.78 is 0. The van der Waals surface area contributed by atoms with Crippen LogP contribution >= 0.6 is 23.2 Å². The standard InChI is InChI=1S/C25H23Cl2N3O3/c26-19-12-10-18(11-13-19)23(31)30-22(16-17-6-2-1-3-7-17)25(33)29-15-14-28-24(32)20-8-4-5-9-21(20)27/h1-13,22H,14-16H2,(H,28,32)(H,29,33)(H,30,31). The van der Waals surface area contributed by atoms with Gasteiger partial charge >= 0.3 is 0 Å². The summed E-state index contributed by atoms with van der Waals surface area (Å²) in [5, 5.41) is 9.14. The Balaban J connectivity index is 1.58. The largest absolute Gasteiger partial charge is 0.353 e. The van der Waals surface area contributed by atoms with Crippen LogP contribution in [0.25, 0.3) is 0 Å². The number of rotatable bonds is 9. The van der Waals surface area contributed by atoms with Crippen molar-refractivity contribution in [2.24, 2.45) is 0 Å². The fourth-order valence-electron chi connectivity index (χ4n) is 3.13. The van der Waals surface area contributed by atoms with Crippen molar-refractivity contribution in [3.63, 3.8) is 0 Å². The SMILES string of the molecule is O=C(NC(Cc1ccccc1)C(=O)NCCNC(=O)c1ccccc1Cl)c1ccc(Cl)cc1. The van der Waals surface area contributed by atoms with E-state index in [9.17, 15) is 14.4 Å². The first-order valence-corrected chi connectivity index (χ1v) is 11.1. The Morgan fingerprint density at radius 3 is 2.06 bits per heavy atom. The molecule has 1 atom stereocenters. The van der Waals surface area contributed by atoms with Gasteiger partial charge in [-0.25, -0.2) is 0 Å². The van der Waals surface area contributed by atoms with Gasteiger partial charge in [-0.05, 0) is 42.0 Å². The predicted molar refractivity (Wildman–Crippen MR) is 130 cm³/mol. The minimum Gasteiger partial charge on any atom is -0.353 e. The van der Waals surface area contributed by atoms with E-state index in [-0.39, 0.29) is 30.8 Å². The van der Waals surface area contributed by atoms with Gasteiger partial charge in [0.25, 0.3) is 11.8 Å². The van der Waals surface area contributed by atoms with Gasteiger partial charge in [-0.15, -0.1) is 0 Å². The summed E-state index contributed by atoms with van der Waals surface area (Å²) in [6.07, 6.45) is 0.317. The molecule has 0 aliphatic rings. The van der Waals surface area contributed by atoms with Crippen LogP contribution < -0.4 is 16.0 Å². The van der Waals surface area contributed by atoms with Crippen LogP contribution in [0.4, 0.5) is 0 Å². The van der Waals surface area contributed by atoms with Crippen molar-refractivity contribution in [1.29, 1.82) is 0 Å². The molecule has 3 rings (SSSR count). The Kier molecular flexibility index (Phi) is 8.87. The Labute approximate surface area is 202 Å². The van der Waals surface area contributed by atoms with E-state index in [2.05, 4.69) is 16.0 Å². The molecule has 0 fully saturated rings. The normalized spacial score (nSPS) is 11.3. The molecule has 0 aliphatic carbocycles. The summed E-state index contributed by atoms with van der Waals surface area (Å²) in [5.74, 6) is -1.06. The van der Waals surface area contributed by atoms with Crippen LogP contribution in [0.2, 0.25) is 10.0 Å². The highest BCUT2D eigenvalue weighted by Crippen LogP contribution is 2.14. The van der Waals surface area contributed by atoms with Crippen LogP contribution in [-0.4, -0.2) is 36.9 Å². The Morgan fingerprint density at radius 1 is 0.727 bits per heavy atom. The topological polar surface area (TPSA) is 87.3 Å². The van der Waals surface area contributed by atoms with Crippen LogP contribution in [0, 0.1) is 0 Å². The molecule has 0 aromatic heterocycles. The second-order valence-corrected chi connectivity index (χ2v) is 8.09. The number of carbonyl (C=O) groups is 3. The zero-order valence-corrected chi connectivity index (χ0v) is 19.2. The number of hydrogen-bond donors (Lipinski definition) is 3. The van der Waals surface area contributed by atoms with Crippen molar-refractivity contribution in [3.05, 3.63) is 106 Å². The fourth-order valence-corrected chi connectivity index (χ4v) is 3.47. The van der Waals surface area contributed by atoms with Crippen LogP contribution in [-0.2, 0) is 11.2 Å². The number of halogens is 2. The number of carbonyl (C=O) groups excluding carboxylic acids is 3. The van der Waals surface area contributed by atoms with E-state index in [0.29, 0.717) is 27.6 Å². The maximum absolute atomic E-state index is 12.9. The first-order valence-electron chi connectivity index (χ1n) is 10.3. The van der Waals surface area contributed by atoms with Gasteiger partial charge in [-0.2, -0.15) is 0 Å². The monoisotopic (exact) mass is 483 g/mol. The molecule has 0 saturated heterocycles. The molecule has 3 aromatic rings. The van der Waals surface area contributed by atoms with Crippen molar-refractivity contribution >= 4 is 40.9 Å². The molecule has 6 nitrogen and oxygen atoms in total. The predicted octanol–water partition coefficient (Wildman–Crippen LogP) is 3.88. The number of amides is 3. The summed E-state index contributed by atoms with van der Waals surface area (Å²) >= 11 is 11.9. The van der Waals surface area contributed by atoms with Gasteiger partial charge in [-0.3, -0.25) is 14.4 Å². The lowest BCUT2D eigenvalue weighted by Gasteiger charge is -2.19. The Bertz CT molecular complexity index is 1110. The first-order chi connectivity index (χ1) is 15.9. The second kappa shape index (κ2) is 12.0. The van der Waals surface area contributed by atoms with Crippen LogP contribution in [0.5, 0.6) is 0 Å². The van der Waals surface area contributed by atoms with Crippen molar-refractivity contribution in [2.45, 2.75) is 12.5 Å². The quantitative estimate of drug-likeness (QED) is 0.403. The van der Waals surface area contributed by atoms with Gasteiger partial charge in [0.15, 0.2) is 0 Å². The van der Waals surface area contributed by atoms with Gasteiger partial charge in [0.1, 0.15) is 6.04 Å². The summed E-state index contributed by atoms with van der Waals surface area (Å²) in [4.78, 5) is 37.8. The minimum absolute atomic E-state index is 0.192. The van der Waals surface area contributed by atoms with E-state index in [1.165, 1.54) is 0 Å². The fraction of sp³-hybridized carbons (Fsp3) is 0.160. The molecule has 3 N–H and O–H groups in total.